The Morgan fingerprint density at radius 2 is 2.04 bits per heavy atom. The number of rotatable bonds is 7. The number of fused-ring (bicyclic) bond motifs is 1. The standard InChI is InChI=1S/C22H35N3O.2ClH/c1-16(2)9-11-25-14-19-6-4-8-21(20(19)15-25)24-22(26)12-17(3)18-7-5-10-23-13-18;;/h4,6,8,16-18,23H,5,7,9-15H2,1-3H3,(H,24,26);2*1H. The Morgan fingerprint density at radius 3 is 2.71 bits per heavy atom. The number of nitrogens with one attached hydrogen (secondary N) is 2. The van der Waals surface area contributed by atoms with E-state index >= 15 is 0 Å². The summed E-state index contributed by atoms with van der Waals surface area (Å²) in [5.74, 6) is 1.95. The fourth-order valence-corrected chi connectivity index (χ4v) is 4.23. The summed E-state index contributed by atoms with van der Waals surface area (Å²) in [6.07, 6.45) is 4.32. The molecule has 2 aliphatic rings. The first-order valence-corrected chi connectivity index (χ1v) is 10.4. The van der Waals surface area contributed by atoms with Crippen molar-refractivity contribution in [1.82, 2.24) is 10.2 Å². The van der Waals surface area contributed by atoms with E-state index in [1.165, 1.54) is 30.4 Å². The van der Waals surface area contributed by atoms with Crippen LogP contribution in [0.15, 0.2) is 18.2 Å². The third-order valence-electron chi connectivity index (χ3n) is 5.99. The molecule has 1 amide bonds. The lowest BCUT2D eigenvalue weighted by Crippen LogP contribution is -2.34. The van der Waals surface area contributed by atoms with Crippen LogP contribution in [0.4, 0.5) is 5.69 Å². The lowest BCUT2D eigenvalue weighted by molar-refractivity contribution is -0.117. The summed E-state index contributed by atoms with van der Waals surface area (Å²) in [7, 11) is 0. The van der Waals surface area contributed by atoms with Gasteiger partial charge in [0.05, 0.1) is 0 Å². The minimum absolute atomic E-state index is 0. The molecule has 6 heteroatoms. The van der Waals surface area contributed by atoms with Crippen LogP contribution in [-0.4, -0.2) is 30.4 Å². The van der Waals surface area contributed by atoms with E-state index in [1.54, 1.807) is 0 Å². The van der Waals surface area contributed by atoms with Gasteiger partial charge in [0.1, 0.15) is 0 Å². The second-order valence-electron chi connectivity index (χ2n) is 8.67. The van der Waals surface area contributed by atoms with Gasteiger partial charge in [-0.05, 0) is 73.8 Å². The van der Waals surface area contributed by atoms with Crippen LogP contribution in [0.3, 0.4) is 0 Å². The third kappa shape index (κ3) is 6.91. The lowest BCUT2D eigenvalue weighted by Gasteiger charge is -2.28. The van der Waals surface area contributed by atoms with Crippen molar-refractivity contribution in [2.24, 2.45) is 17.8 Å². The van der Waals surface area contributed by atoms with Gasteiger partial charge >= 0.3 is 0 Å². The average molecular weight is 430 g/mol. The number of carbonyl (C=O) groups excluding carboxylic acids is 1. The molecule has 1 saturated heterocycles. The van der Waals surface area contributed by atoms with Gasteiger partial charge in [-0.3, -0.25) is 9.69 Å². The van der Waals surface area contributed by atoms with E-state index in [-0.39, 0.29) is 30.7 Å². The van der Waals surface area contributed by atoms with Gasteiger partial charge in [0.2, 0.25) is 5.91 Å². The van der Waals surface area contributed by atoms with E-state index in [2.05, 4.69) is 54.5 Å². The van der Waals surface area contributed by atoms with E-state index in [1.807, 2.05) is 0 Å². The summed E-state index contributed by atoms with van der Waals surface area (Å²) in [5, 5.41) is 6.67. The predicted octanol–water partition coefficient (Wildman–Crippen LogP) is 4.86. The van der Waals surface area contributed by atoms with Gasteiger partial charge in [-0.1, -0.05) is 32.9 Å². The van der Waals surface area contributed by atoms with Gasteiger partial charge in [-0.2, -0.15) is 0 Å². The molecule has 4 nitrogen and oxygen atoms in total. The first-order valence-electron chi connectivity index (χ1n) is 10.4. The molecule has 2 aliphatic heterocycles. The predicted molar refractivity (Wildman–Crippen MR) is 123 cm³/mol. The highest BCUT2D eigenvalue weighted by Gasteiger charge is 2.24. The quantitative estimate of drug-likeness (QED) is 0.650. The van der Waals surface area contributed by atoms with Crippen molar-refractivity contribution in [3.8, 4) is 0 Å². The molecule has 1 aromatic carbocycles. The second-order valence-corrected chi connectivity index (χ2v) is 8.67. The highest BCUT2D eigenvalue weighted by atomic mass is 35.5. The van der Waals surface area contributed by atoms with Crippen molar-refractivity contribution in [3.63, 3.8) is 0 Å². The average Bonchev–Trinajstić information content (AvgIpc) is 3.05. The molecule has 0 radical (unpaired) electrons. The van der Waals surface area contributed by atoms with E-state index in [9.17, 15) is 4.79 Å². The topological polar surface area (TPSA) is 44.4 Å². The first-order chi connectivity index (χ1) is 12.5. The van der Waals surface area contributed by atoms with Crippen molar-refractivity contribution in [2.45, 2.75) is 59.5 Å². The molecular formula is C22H37Cl2N3O. The highest BCUT2D eigenvalue weighted by molar-refractivity contribution is 5.92. The Kier molecular flexibility index (Phi) is 10.8. The minimum Gasteiger partial charge on any atom is -0.326 e. The maximum atomic E-state index is 12.6. The Balaban J connectivity index is 0.00000196. The van der Waals surface area contributed by atoms with Crippen LogP contribution in [0.2, 0.25) is 0 Å². The minimum atomic E-state index is 0. The fraction of sp³-hybridized carbons (Fsp3) is 0.682. The first kappa shape index (κ1) is 25.2. The maximum Gasteiger partial charge on any atom is 0.224 e. The van der Waals surface area contributed by atoms with E-state index < -0.39 is 0 Å². The smallest absolute Gasteiger partial charge is 0.224 e. The number of hydrogen-bond acceptors (Lipinski definition) is 3. The van der Waals surface area contributed by atoms with Gasteiger partial charge in [0.15, 0.2) is 0 Å². The molecule has 2 atom stereocenters. The van der Waals surface area contributed by atoms with Crippen molar-refractivity contribution >= 4 is 36.4 Å². The SMILES string of the molecule is CC(C)CCN1Cc2cccc(NC(=O)CC(C)C3CCCNC3)c2C1.Cl.Cl. The van der Waals surface area contributed by atoms with Gasteiger partial charge in [-0.15, -0.1) is 24.8 Å². The normalized spacial score (nSPS) is 20.1. The Labute approximate surface area is 183 Å². The highest BCUT2D eigenvalue weighted by Crippen LogP contribution is 2.30. The molecule has 160 valence electrons. The van der Waals surface area contributed by atoms with Crippen LogP contribution in [0.1, 0.15) is 57.6 Å². The van der Waals surface area contributed by atoms with Crippen LogP contribution in [0.5, 0.6) is 0 Å². The molecule has 0 bridgehead atoms. The number of benzene rings is 1. The molecule has 1 aromatic rings. The molecule has 3 rings (SSSR count). The van der Waals surface area contributed by atoms with Crippen molar-refractivity contribution in [2.75, 3.05) is 25.0 Å². The van der Waals surface area contributed by atoms with Crippen LogP contribution < -0.4 is 10.6 Å². The largest absolute Gasteiger partial charge is 0.326 e. The summed E-state index contributed by atoms with van der Waals surface area (Å²) < 4.78 is 0. The number of nitrogens with zero attached hydrogens (tertiary/aromatic N) is 1. The molecule has 0 aliphatic carbocycles. The lowest BCUT2D eigenvalue weighted by atomic mass is 9.85. The van der Waals surface area contributed by atoms with Crippen LogP contribution in [-0.2, 0) is 17.9 Å². The van der Waals surface area contributed by atoms with E-state index in [4.69, 9.17) is 0 Å². The Morgan fingerprint density at radius 1 is 1.25 bits per heavy atom. The zero-order valence-electron chi connectivity index (χ0n) is 17.5. The van der Waals surface area contributed by atoms with Gasteiger partial charge < -0.3 is 10.6 Å². The van der Waals surface area contributed by atoms with Gasteiger partial charge in [0.25, 0.3) is 0 Å². The van der Waals surface area contributed by atoms with E-state index in [0.29, 0.717) is 18.3 Å². The van der Waals surface area contributed by atoms with Gasteiger partial charge in [-0.25, -0.2) is 0 Å². The number of carbonyl (C=O) groups is 1. The summed E-state index contributed by atoms with van der Waals surface area (Å²) in [5.41, 5.74) is 3.71. The van der Waals surface area contributed by atoms with Crippen molar-refractivity contribution in [1.29, 1.82) is 0 Å². The molecule has 2 unspecified atom stereocenters. The molecular weight excluding hydrogens is 393 g/mol. The van der Waals surface area contributed by atoms with Crippen LogP contribution in [0, 0.1) is 17.8 Å². The molecule has 2 heterocycles. The zero-order valence-corrected chi connectivity index (χ0v) is 19.1. The number of anilines is 1. The van der Waals surface area contributed by atoms with Crippen molar-refractivity contribution in [3.05, 3.63) is 29.3 Å². The van der Waals surface area contributed by atoms with Gasteiger partial charge in [0, 0.05) is 25.2 Å². The number of halogens is 2. The zero-order chi connectivity index (χ0) is 18.5. The molecule has 1 fully saturated rings. The molecule has 0 aromatic heterocycles. The summed E-state index contributed by atoms with van der Waals surface area (Å²) in [6, 6.07) is 6.35. The fourth-order valence-electron chi connectivity index (χ4n) is 4.23. The third-order valence-corrected chi connectivity index (χ3v) is 5.99. The molecule has 0 spiro atoms. The molecule has 2 N–H and O–H groups in total. The second kappa shape index (κ2) is 12.0. The summed E-state index contributed by atoms with van der Waals surface area (Å²) in [4.78, 5) is 15.1. The Bertz CT molecular complexity index is 618. The van der Waals surface area contributed by atoms with Crippen molar-refractivity contribution < 1.29 is 4.79 Å². The molecule has 28 heavy (non-hydrogen) atoms. The maximum absolute atomic E-state index is 12.6. The monoisotopic (exact) mass is 429 g/mol. The van der Waals surface area contributed by atoms with Crippen LogP contribution in [0.25, 0.3) is 0 Å². The molecule has 0 saturated carbocycles. The van der Waals surface area contributed by atoms with Crippen LogP contribution >= 0.6 is 24.8 Å². The number of hydrogen-bond donors (Lipinski definition) is 2. The van der Waals surface area contributed by atoms with E-state index in [0.717, 1.165) is 44.3 Å². The number of amides is 1. The number of piperidine rings is 1. The Hall–Kier alpha value is -0.810. The summed E-state index contributed by atoms with van der Waals surface area (Å²) >= 11 is 0. The summed E-state index contributed by atoms with van der Waals surface area (Å²) in [6.45, 7) is 12.1.